The Hall–Kier alpha value is -2.20. The van der Waals surface area contributed by atoms with Crippen LogP contribution in [0.4, 0.5) is 0 Å². The van der Waals surface area contributed by atoms with Crippen LogP contribution >= 0.6 is 12.2 Å². The molecule has 3 N–H and O–H groups in total. The molecule has 0 spiro atoms. The molecule has 0 aliphatic carbocycles. The molecule has 3 nitrogen and oxygen atoms in total. The zero-order chi connectivity index (χ0) is 15.2. The molecule has 0 heterocycles. The van der Waals surface area contributed by atoms with Crippen LogP contribution in [0.1, 0.15) is 22.3 Å². The van der Waals surface area contributed by atoms with Gasteiger partial charge < -0.3 is 11.1 Å². The third kappa shape index (κ3) is 4.68. The lowest BCUT2D eigenvalue weighted by molar-refractivity contribution is -0.120. The number of carbonyl (C=O) groups excluding carboxylic acids is 1. The molecule has 2 rings (SSSR count). The molecule has 2 aromatic rings. The van der Waals surface area contributed by atoms with Crippen LogP contribution in [0.3, 0.4) is 0 Å². The number of aryl methyl sites for hydroxylation is 1. The van der Waals surface area contributed by atoms with Crippen LogP contribution in [0.2, 0.25) is 0 Å². The second kappa shape index (κ2) is 6.99. The van der Waals surface area contributed by atoms with Crippen molar-refractivity contribution in [3.05, 3.63) is 70.8 Å². The van der Waals surface area contributed by atoms with Crippen molar-refractivity contribution in [2.24, 2.45) is 5.73 Å². The quantitative estimate of drug-likeness (QED) is 0.834. The van der Waals surface area contributed by atoms with Gasteiger partial charge in [0, 0.05) is 12.1 Å². The van der Waals surface area contributed by atoms with Crippen LogP contribution in [0.15, 0.2) is 48.5 Å². The maximum Gasteiger partial charge on any atom is 0.224 e. The highest BCUT2D eigenvalue weighted by Crippen LogP contribution is 2.06. The Balaban J connectivity index is 1.87. The SMILES string of the molecule is Cc1cccc(CC(=O)NCc2ccc(C(N)=S)cc2)c1. The average Bonchev–Trinajstić information content (AvgIpc) is 2.45. The first-order chi connectivity index (χ1) is 10.0. The van der Waals surface area contributed by atoms with E-state index in [1.165, 1.54) is 0 Å². The number of amides is 1. The Morgan fingerprint density at radius 1 is 1.14 bits per heavy atom. The summed E-state index contributed by atoms with van der Waals surface area (Å²) in [6.45, 7) is 2.52. The van der Waals surface area contributed by atoms with E-state index < -0.39 is 0 Å². The molecule has 0 radical (unpaired) electrons. The van der Waals surface area contributed by atoms with E-state index in [1.807, 2.05) is 55.5 Å². The molecule has 0 fully saturated rings. The van der Waals surface area contributed by atoms with E-state index in [0.717, 1.165) is 22.3 Å². The van der Waals surface area contributed by atoms with Crippen molar-refractivity contribution in [1.82, 2.24) is 5.32 Å². The maximum atomic E-state index is 11.9. The summed E-state index contributed by atoms with van der Waals surface area (Å²) in [5.41, 5.74) is 9.59. The highest BCUT2D eigenvalue weighted by molar-refractivity contribution is 7.80. The number of benzene rings is 2. The summed E-state index contributed by atoms with van der Waals surface area (Å²) < 4.78 is 0. The zero-order valence-corrected chi connectivity index (χ0v) is 12.7. The Bertz CT molecular complexity index is 650. The normalized spacial score (nSPS) is 10.1. The van der Waals surface area contributed by atoms with Crippen LogP contribution in [0.5, 0.6) is 0 Å². The summed E-state index contributed by atoms with van der Waals surface area (Å²) >= 11 is 4.90. The maximum absolute atomic E-state index is 11.9. The first-order valence-electron chi connectivity index (χ1n) is 6.75. The highest BCUT2D eigenvalue weighted by Gasteiger charge is 2.04. The molecule has 4 heteroatoms. The Kier molecular flexibility index (Phi) is 5.06. The van der Waals surface area contributed by atoms with Crippen molar-refractivity contribution in [2.75, 3.05) is 0 Å². The van der Waals surface area contributed by atoms with Crippen molar-refractivity contribution in [3.8, 4) is 0 Å². The molecule has 2 aromatic carbocycles. The van der Waals surface area contributed by atoms with E-state index >= 15 is 0 Å². The number of hydrogen-bond acceptors (Lipinski definition) is 2. The van der Waals surface area contributed by atoms with Gasteiger partial charge in [0.25, 0.3) is 0 Å². The van der Waals surface area contributed by atoms with Gasteiger partial charge in [-0.05, 0) is 18.1 Å². The van der Waals surface area contributed by atoms with E-state index in [9.17, 15) is 4.79 Å². The molecule has 0 aliphatic heterocycles. The average molecular weight is 298 g/mol. The molecular formula is C17H18N2OS. The Labute approximate surface area is 130 Å². The summed E-state index contributed by atoms with van der Waals surface area (Å²) in [7, 11) is 0. The number of hydrogen-bond donors (Lipinski definition) is 2. The molecule has 0 saturated heterocycles. The van der Waals surface area contributed by atoms with Crippen molar-refractivity contribution in [3.63, 3.8) is 0 Å². The van der Waals surface area contributed by atoms with E-state index in [4.69, 9.17) is 18.0 Å². The van der Waals surface area contributed by atoms with Crippen molar-refractivity contribution < 1.29 is 4.79 Å². The van der Waals surface area contributed by atoms with Crippen molar-refractivity contribution in [2.45, 2.75) is 19.9 Å². The fourth-order valence-electron chi connectivity index (χ4n) is 2.06. The van der Waals surface area contributed by atoms with E-state index in [0.29, 0.717) is 18.0 Å². The largest absolute Gasteiger partial charge is 0.389 e. The third-order valence-electron chi connectivity index (χ3n) is 3.18. The van der Waals surface area contributed by atoms with Gasteiger partial charge in [0.2, 0.25) is 5.91 Å². The summed E-state index contributed by atoms with van der Waals surface area (Å²) in [4.78, 5) is 12.3. The van der Waals surface area contributed by atoms with Gasteiger partial charge in [-0.25, -0.2) is 0 Å². The molecule has 1 amide bonds. The number of nitrogens with two attached hydrogens (primary N) is 1. The second-order valence-corrected chi connectivity index (χ2v) is 5.44. The van der Waals surface area contributed by atoms with Gasteiger partial charge in [0.05, 0.1) is 6.42 Å². The van der Waals surface area contributed by atoms with Crippen molar-refractivity contribution in [1.29, 1.82) is 0 Å². The van der Waals surface area contributed by atoms with Crippen molar-refractivity contribution >= 4 is 23.1 Å². The molecular weight excluding hydrogens is 280 g/mol. The van der Waals surface area contributed by atoms with Crippen LogP contribution in [-0.4, -0.2) is 10.9 Å². The first-order valence-corrected chi connectivity index (χ1v) is 7.16. The first kappa shape index (κ1) is 15.2. The Morgan fingerprint density at radius 3 is 2.48 bits per heavy atom. The lowest BCUT2D eigenvalue weighted by Crippen LogP contribution is -2.24. The molecule has 0 saturated carbocycles. The smallest absolute Gasteiger partial charge is 0.224 e. The molecule has 0 aromatic heterocycles. The van der Waals surface area contributed by atoms with Crippen LogP contribution in [0, 0.1) is 6.92 Å². The van der Waals surface area contributed by atoms with Gasteiger partial charge in [-0.1, -0.05) is 66.3 Å². The van der Waals surface area contributed by atoms with E-state index in [2.05, 4.69) is 5.32 Å². The zero-order valence-electron chi connectivity index (χ0n) is 11.9. The number of thiocarbonyl (C=S) groups is 1. The van der Waals surface area contributed by atoms with Gasteiger partial charge in [-0.15, -0.1) is 0 Å². The van der Waals surface area contributed by atoms with Gasteiger partial charge in [-0.3, -0.25) is 4.79 Å². The molecule has 21 heavy (non-hydrogen) atoms. The monoisotopic (exact) mass is 298 g/mol. The lowest BCUT2D eigenvalue weighted by Gasteiger charge is -2.07. The third-order valence-corrected chi connectivity index (χ3v) is 3.41. The van der Waals surface area contributed by atoms with Gasteiger partial charge >= 0.3 is 0 Å². The van der Waals surface area contributed by atoms with E-state index in [-0.39, 0.29) is 5.91 Å². The molecule has 0 bridgehead atoms. The minimum atomic E-state index is 0.0130. The predicted octanol–water partition coefficient (Wildman–Crippen LogP) is 2.49. The minimum absolute atomic E-state index is 0.0130. The fraction of sp³-hybridized carbons (Fsp3) is 0.176. The van der Waals surface area contributed by atoms with E-state index in [1.54, 1.807) is 0 Å². The number of nitrogens with one attached hydrogen (secondary N) is 1. The second-order valence-electron chi connectivity index (χ2n) is 5.00. The summed E-state index contributed by atoms with van der Waals surface area (Å²) in [5.74, 6) is 0.0130. The Morgan fingerprint density at radius 2 is 1.86 bits per heavy atom. The van der Waals surface area contributed by atoms with Gasteiger partial charge in [-0.2, -0.15) is 0 Å². The summed E-state index contributed by atoms with van der Waals surface area (Å²) in [6, 6.07) is 15.5. The van der Waals surface area contributed by atoms with Crippen LogP contribution in [-0.2, 0) is 17.8 Å². The van der Waals surface area contributed by atoms with Crippen LogP contribution < -0.4 is 11.1 Å². The van der Waals surface area contributed by atoms with Gasteiger partial charge in [0.15, 0.2) is 0 Å². The molecule has 108 valence electrons. The topological polar surface area (TPSA) is 55.1 Å². The summed E-state index contributed by atoms with van der Waals surface area (Å²) in [6.07, 6.45) is 0.395. The van der Waals surface area contributed by atoms with Gasteiger partial charge in [0.1, 0.15) is 4.99 Å². The molecule has 0 aliphatic rings. The number of rotatable bonds is 5. The minimum Gasteiger partial charge on any atom is -0.389 e. The molecule has 0 atom stereocenters. The lowest BCUT2D eigenvalue weighted by atomic mass is 10.1. The number of carbonyl (C=O) groups is 1. The summed E-state index contributed by atoms with van der Waals surface area (Å²) in [5, 5.41) is 2.91. The fourth-order valence-corrected chi connectivity index (χ4v) is 2.19. The predicted molar refractivity (Wildman–Crippen MR) is 89.1 cm³/mol. The molecule has 0 unspecified atom stereocenters. The standard InChI is InChI=1S/C17H18N2OS/c1-12-3-2-4-14(9-12)10-16(20)19-11-13-5-7-15(8-6-13)17(18)21/h2-9H,10-11H2,1H3,(H2,18,21)(H,19,20). The highest BCUT2D eigenvalue weighted by atomic mass is 32.1. The van der Waals surface area contributed by atoms with Crippen LogP contribution in [0.25, 0.3) is 0 Å².